The van der Waals surface area contributed by atoms with Gasteiger partial charge in [0.15, 0.2) is 0 Å². The molecule has 0 aromatic heterocycles. The lowest BCUT2D eigenvalue weighted by atomic mass is 9.49. The van der Waals surface area contributed by atoms with Crippen molar-refractivity contribution in [3.05, 3.63) is 0 Å². The van der Waals surface area contributed by atoms with Gasteiger partial charge in [0.05, 0.1) is 0 Å². The quantitative estimate of drug-likeness (QED) is 0.848. The minimum atomic E-state index is -0.0350. The van der Waals surface area contributed by atoms with Gasteiger partial charge < -0.3 is 10.5 Å². The van der Waals surface area contributed by atoms with Gasteiger partial charge in [-0.05, 0) is 98.7 Å². The molecule has 3 heteroatoms. The molecule has 1 amide bonds. The molecule has 0 aromatic rings. The number of nitrogens with two attached hydrogens (primary N) is 1. The van der Waals surface area contributed by atoms with Crippen LogP contribution in [0, 0.1) is 46.8 Å². The van der Waals surface area contributed by atoms with Gasteiger partial charge in [-0.1, -0.05) is 6.92 Å². The minimum absolute atomic E-state index is 0.0350. The number of rotatable bonds is 3. The SMILES string of the molecule is COCC1CCC2C(CCC3C2CCC2(C)C(C(N)=O)CCC32)C1. The Bertz CT molecular complexity index is 492. The maximum absolute atomic E-state index is 12.0. The summed E-state index contributed by atoms with van der Waals surface area (Å²) in [7, 11) is 1.85. The van der Waals surface area contributed by atoms with E-state index in [9.17, 15) is 4.79 Å². The Kier molecular flexibility index (Phi) is 4.43. The molecule has 0 aromatic carbocycles. The highest BCUT2D eigenvalue weighted by atomic mass is 16.5. The summed E-state index contributed by atoms with van der Waals surface area (Å²) in [6.07, 6.45) is 11.9. The lowest BCUT2D eigenvalue weighted by Crippen LogP contribution is -2.50. The molecular weight excluding hydrogens is 298 g/mol. The van der Waals surface area contributed by atoms with E-state index in [4.69, 9.17) is 10.5 Å². The standard InChI is InChI=1S/C21H35NO2/c1-21-10-9-16-15-5-3-13(12-24-2)11-14(15)4-6-17(16)18(21)7-8-19(21)20(22)23/h13-19H,3-12H2,1-2H3,(H2,22,23). The maximum Gasteiger partial charge on any atom is 0.221 e. The fourth-order valence-corrected chi connectivity index (χ4v) is 7.80. The Morgan fingerprint density at radius 3 is 2.58 bits per heavy atom. The van der Waals surface area contributed by atoms with Crippen LogP contribution in [0.1, 0.15) is 64.7 Å². The molecule has 4 rings (SSSR count). The monoisotopic (exact) mass is 333 g/mol. The number of fused-ring (bicyclic) bond motifs is 5. The van der Waals surface area contributed by atoms with Gasteiger partial charge in [0, 0.05) is 19.6 Å². The zero-order chi connectivity index (χ0) is 16.9. The molecule has 0 radical (unpaired) electrons. The third-order valence-electron chi connectivity index (χ3n) is 8.81. The van der Waals surface area contributed by atoms with Crippen LogP contribution >= 0.6 is 0 Å². The third kappa shape index (κ3) is 2.53. The number of carbonyl (C=O) groups excluding carboxylic acids is 1. The van der Waals surface area contributed by atoms with Gasteiger partial charge >= 0.3 is 0 Å². The average molecular weight is 334 g/mol. The average Bonchev–Trinajstić information content (AvgIpc) is 2.92. The number of methoxy groups -OCH3 is 1. The number of hydrogen-bond donors (Lipinski definition) is 1. The van der Waals surface area contributed by atoms with Crippen LogP contribution in [0.25, 0.3) is 0 Å². The van der Waals surface area contributed by atoms with Crippen molar-refractivity contribution >= 4 is 5.91 Å². The van der Waals surface area contributed by atoms with Crippen LogP contribution in [0.4, 0.5) is 0 Å². The van der Waals surface area contributed by atoms with Gasteiger partial charge in [0.1, 0.15) is 0 Å². The van der Waals surface area contributed by atoms with E-state index >= 15 is 0 Å². The van der Waals surface area contributed by atoms with Crippen LogP contribution in [0.15, 0.2) is 0 Å². The number of ether oxygens (including phenoxy) is 1. The summed E-state index contributed by atoms with van der Waals surface area (Å²) in [5.41, 5.74) is 5.96. The number of hydrogen-bond acceptors (Lipinski definition) is 2. The van der Waals surface area contributed by atoms with Gasteiger partial charge in [-0.2, -0.15) is 0 Å². The lowest BCUT2D eigenvalue weighted by Gasteiger charge is -2.56. The van der Waals surface area contributed by atoms with Crippen molar-refractivity contribution in [2.75, 3.05) is 13.7 Å². The number of amides is 1. The maximum atomic E-state index is 12.0. The Labute approximate surface area is 147 Å². The Morgan fingerprint density at radius 1 is 1.04 bits per heavy atom. The van der Waals surface area contributed by atoms with Gasteiger partial charge in [0.25, 0.3) is 0 Å². The first-order chi connectivity index (χ1) is 11.5. The molecule has 4 saturated carbocycles. The Balaban J connectivity index is 1.49. The van der Waals surface area contributed by atoms with E-state index in [1.54, 1.807) is 0 Å². The molecule has 4 aliphatic rings. The highest BCUT2D eigenvalue weighted by Gasteiger charge is 2.58. The summed E-state index contributed by atoms with van der Waals surface area (Å²) < 4.78 is 5.43. The number of carbonyl (C=O) groups is 1. The van der Waals surface area contributed by atoms with Crippen molar-refractivity contribution < 1.29 is 9.53 Å². The summed E-state index contributed by atoms with van der Waals surface area (Å²) >= 11 is 0. The van der Waals surface area contributed by atoms with Crippen molar-refractivity contribution in [3.63, 3.8) is 0 Å². The normalized spacial score (nSPS) is 50.7. The molecule has 8 atom stereocenters. The van der Waals surface area contributed by atoms with Crippen LogP contribution in [-0.4, -0.2) is 19.6 Å². The predicted molar refractivity (Wildman–Crippen MR) is 95.2 cm³/mol. The second-order valence-electron chi connectivity index (χ2n) is 9.65. The molecule has 8 unspecified atom stereocenters. The fourth-order valence-electron chi connectivity index (χ4n) is 7.80. The summed E-state index contributed by atoms with van der Waals surface area (Å²) in [5.74, 6) is 5.35. The molecule has 24 heavy (non-hydrogen) atoms. The molecular formula is C21H35NO2. The van der Waals surface area contributed by atoms with Crippen LogP contribution < -0.4 is 5.73 Å². The third-order valence-corrected chi connectivity index (χ3v) is 8.81. The first-order valence-electron chi connectivity index (χ1n) is 10.3. The molecule has 3 nitrogen and oxygen atoms in total. The van der Waals surface area contributed by atoms with E-state index in [2.05, 4.69) is 6.92 Å². The van der Waals surface area contributed by atoms with Crippen LogP contribution in [0.3, 0.4) is 0 Å². The molecule has 0 heterocycles. The summed E-state index contributed by atoms with van der Waals surface area (Å²) in [6, 6.07) is 0. The van der Waals surface area contributed by atoms with E-state index in [1.165, 1.54) is 51.4 Å². The van der Waals surface area contributed by atoms with Crippen LogP contribution in [0.2, 0.25) is 0 Å². The van der Waals surface area contributed by atoms with Crippen molar-refractivity contribution in [2.24, 2.45) is 52.6 Å². The molecule has 0 spiro atoms. The van der Waals surface area contributed by atoms with E-state index in [-0.39, 0.29) is 17.2 Å². The van der Waals surface area contributed by atoms with Crippen LogP contribution in [-0.2, 0) is 9.53 Å². The van der Waals surface area contributed by atoms with Gasteiger partial charge in [-0.3, -0.25) is 4.79 Å². The van der Waals surface area contributed by atoms with Crippen molar-refractivity contribution in [2.45, 2.75) is 64.7 Å². The summed E-state index contributed by atoms with van der Waals surface area (Å²) in [4.78, 5) is 12.0. The van der Waals surface area contributed by atoms with E-state index < -0.39 is 0 Å². The largest absolute Gasteiger partial charge is 0.384 e. The summed E-state index contributed by atoms with van der Waals surface area (Å²) in [6.45, 7) is 3.34. The Hall–Kier alpha value is -0.570. The van der Waals surface area contributed by atoms with E-state index in [1.807, 2.05) is 7.11 Å². The number of primary amides is 1. The van der Waals surface area contributed by atoms with Crippen molar-refractivity contribution in [1.29, 1.82) is 0 Å². The van der Waals surface area contributed by atoms with Crippen molar-refractivity contribution in [3.8, 4) is 0 Å². The Morgan fingerprint density at radius 2 is 1.83 bits per heavy atom. The van der Waals surface area contributed by atoms with Gasteiger partial charge in [-0.15, -0.1) is 0 Å². The van der Waals surface area contributed by atoms with E-state index in [0.29, 0.717) is 0 Å². The fraction of sp³-hybridized carbons (Fsp3) is 0.952. The molecule has 2 N–H and O–H groups in total. The molecule has 4 aliphatic carbocycles. The van der Waals surface area contributed by atoms with Crippen LogP contribution in [0.5, 0.6) is 0 Å². The van der Waals surface area contributed by atoms with Crippen molar-refractivity contribution in [1.82, 2.24) is 0 Å². The molecule has 136 valence electrons. The first-order valence-corrected chi connectivity index (χ1v) is 10.3. The second-order valence-corrected chi connectivity index (χ2v) is 9.65. The molecule has 0 saturated heterocycles. The minimum Gasteiger partial charge on any atom is -0.384 e. The zero-order valence-electron chi connectivity index (χ0n) is 15.5. The molecule has 0 aliphatic heterocycles. The summed E-state index contributed by atoms with van der Waals surface area (Å²) in [5, 5.41) is 0. The van der Waals surface area contributed by atoms with Gasteiger partial charge in [0.2, 0.25) is 5.91 Å². The second kappa shape index (κ2) is 6.30. The molecule has 0 bridgehead atoms. The van der Waals surface area contributed by atoms with Gasteiger partial charge in [-0.25, -0.2) is 0 Å². The predicted octanol–water partition coefficient (Wildman–Crippen LogP) is 4.00. The zero-order valence-corrected chi connectivity index (χ0v) is 15.5. The molecule has 4 fully saturated rings. The first kappa shape index (κ1) is 16.9. The van der Waals surface area contributed by atoms with E-state index in [0.717, 1.165) is 48.5 Å². The topological polar surface area (TPSA) is 52.3 Å². The highest BCUT2D eigenvalue weighted by Crippen LogP contribution is 2.64. The highest BCUT2D eigenvalue weighted by molar-refractivity contribution is 5.78. The lowest BCUT2D eigenvalue weighted by molar-refractivity contribution is -0.129. The smallest absolute Gasteiger partial charge is 0.221 e.